The van der Waals surface area contributed by atoms with Gasteiger partial charge in [0.05, 0.1) is 29.9 Å². The van der Waals surface area contributed by atoms with Gasteiger partial charge in [0.2, 0.25) is 5.88 Å². The van der Waals surface area contributed by atoms with E-state index >= 15 is 0 Å². The summed E-state index contributed by atoms with van der Waals surface area (Å²) in [5.74, 6) is -1.42. The molecule has 1 heterocycles. The van der Waals surface area contributed by atoms with Crippen molar-refractivity contribution in [3.8, 4) is 28.1 Å². The van der Waals surface area contributed by atoms with Crippen molar-refractivity contribution in [2.75, 3.05) is 7.11 Å². The highest BCUT2D eigenvalue weighted by atomic mass is 19.4. The second-order valence-corrected chi connectivity index (χ2v) is 11.1. The first-order valence-electron chi connectivity index (χ1n) is 14.1. The maximum atomic E-state index is 13.8. The average molecular weight is 683 g/mol. The van der Waals surface area contributed by atoms with Gasteiger partial charge < -0.3 is 15.3 Å². The van der Waals surface area contributed by atoms with E-state index in [0.29, 0.717) is 40.7 Å². The summed E-state index contributed by atoms with van der Waals surface area (Å²) in [5.41, 5.74) is -3.14. The normalized spacial score (nSPS) is 13.6. The van der Waals surface area contributed by atoms with Gasteiger partial charge in [-0.05, 0) is 77.2 Å². The number of nitrogens with zero attached hydrogens (tertiary/aromatic N) is 1. The van der Waals surface area contributed by atoms with Crippen LogP contribution in [-0.4, -0.2) is 29.2 Å². The van der Waals surface area contributed by atoms with Crippen LogP contribution in [0, 0.1) is 18.3 Å². The number of aliphatic hydroxyl groups excluding tert-OH is 1. The van der Waals surface area contributed by atoms with Crippen molar-refractivity contribution in [2.45, 2.75) is 44.9 Å². The molecule has 0 aliphatic carbocycles. The largest absolute Gasteiger partial charge is 0.481 e. The number of ether oxygens (including phenoxy) is 1. The molecule has 4 aromatic rings. The first-order valence-corrected chi connectivity index (χ1v) is 14.1. The molecular formula is C34H27F9N2O3. The summed E-state index contributed by atoms with van der Waals surface area (Å²) in [6, 6.07) is 9.74. The molecule has 0 radical (unpaired) electrons. The first kappa shape index (κ1) is 36.1. The molecule has 0 spiro atoms. The van der Waals surface area contributed by atoms with E-state index in [0.717, 1.165) is 18.2 Å². The Bertz CT molecular complexity index is 1820. The number of aliphatic hydroxyl groups is 1. The molecule has 0 aliphatic heterocycles. The predicted molar refractivity (Wildman–Crippen MR) is 159 cm³/mol. The molecule has 4 rings (SSSR count). The average Bonchev–Trinajstić information content (AvgIpc) is 3.02. The number of carbonyl (C=O) groups is 1. The van der Waals surface area contributed by atoms with Crippen molar-refractivity contribution in [1.82, 2.24) is 4.98 Å². The quantitative estimate of drug-likeness (QED) is 0.105. The molecule has 1 aromatic heterocycles. The van der Waals surface area contributed by atoms with Crippen LogP contribution in [0.15, 0.2) is 66.9 Å². The Kier molecular flexibility index (Phi) is 10.1. The zero-order valence-electron chi connectivity index (χ0n) is 25.4. The molecule has 48 heavy (non-hydrogen) atoms. The van der Waals surface area contributed by atoms with Gasteiger partial charge in [0, 0.05) is 40.9 Å². The molecule has 0 unspecified atom stereocenters. The first-order chi connectivity index (χ1) is 22.2. The molecule has 0 saturated carbocycles. The number of alkyl halides is 9. The Morgan fingerprint density at radius 2 is 1.42 bits per heavy atom. The number of aromatic nitrogens is 1. The molecular weight excluding hydrogens is 655 g/mol. The van der Waals surface area contributed by atoms with E-state index in [1.54, 1.807) is 31.2 Å². The molecule has 14 heteroatoms. The van der Waals surface area contributed by atoms with Crippen molar-refractivity contribution >= 4 is 12.0 Å². The van der Waals surface area contributed by atoms with E-state index in [1.165, 1.54) is 20.2 Å². The number of benzene rings is 3. The van der Waals surface area contributed by atoms with Crippen molar-refractivity contribution in [2.24, 2.45) is 5.92 Å². The van der Waals surface area contributed by atoms with Crippen LogP contribution >= 0.6 is 0 Å². The van der Waals surface area contributed by atoms with Crippen LogP contribution in [-0.2, 0) is 24.9 Å². The van der Waals surface area contributed by atoms with Crippen LogP contribution in [0.2, 0.25) is 0 Å². The van der Waals surface area contributed by atoms with E-state index in [-0.39, 0.29) is 28.6 Å². The van der Waals surface area contributed by atoms with E-state index in [9.17, 15) is 49.4 Å². The molecule has 0 aliphatic rings. The number of aldehydes is 1. The summed E-state index contributed by atoms with van der Waals surface area (Å²) in [4.78, 5) is 15.5. The van der Waals surface area contributed by atoms with Crippen LogP contribution in [0.4, 0.5) is 39.5 Å². The van der Waals surface area contributed by atoms with Gasteiger partial charge in [-0.15, -0.1) is 0 Å². The highest BCUT2D eigenvalue weighted by Crippen LogP contribution is 2.41. The Labute approximate surface area is 268 Å². The lowest BCUT2D eigenvalue weighted by Gasteiger charge is -2.24. The number of carbonyl (C=O) groups excluding carboxylic acids is 1. The standard InChI is InChI=1S/C34H27F9N2O3/c1-17-8-19(16-46)4-6-26(17)22-12-28(31(48-3)45-15-22)27-7-5-23(32(35,36)37)9-20(27)13-29(44)18(2)30(47)21-10-24(33(38,39)40)14-25(11-21)34(41,42)43/h4-12,14-16,18,30,44,47H,13H2,1-3H3/t18-,30+/m1/s1. The minimum absolute atomic E-state index is 0.00480. The molecule has 0 saturated heterocycles. The highest BCUT2D eigenvalue weighted by Gasteiger charge is 2.38. The Hall–Kier alpha value is -4.72. The molecule has 2 atom stereocenters. The van der Waals surface area contributed by atoms with Gasteiger partial charge >= 0.3 is 18.5 Å². The SMILES string of the molecule is COc1ncc(-c2ccc(C=O)cc2C)cc1-c1ccc(C(F)(F)F)cc1CC(=N)[C@@H](C)[C@H](O)c1cc(C(F)(F)F)cc(C(F)(F)F)c1. The predicted octanol–water partition coefficient (Wildman–Crippen LogP) is 9.53. The van der Waals surface area contributed by atoms with E-state index in [4.69, 9.17) is 10.1 Å². The molecule has 5 nitrogen and oxygen atoms in total. The number of rotatable bonds is 9. The zero-order chi connectivity index (χ0) is 35.8. The second-order valence-electron chi connectivity index (χ2n) is 11.1. The van der Waals surface area contributed by atoms with Crippen LogP contribution in [0.3, 0.4) is 0 Å². The van der Waals surface area contributed by atoms with Crippen molar-refractivity contribution < 1.29 is 54.2 Å². The third-order valence-electron chi connectivity index (χ3n) is 7.82. The molecule has 254 valence electrons. The van der Waals surface area contributed by atoms with Gasteiger partial charge in [0.25, 0.3) is 0 Å². The lowest BCUT2D eigenvalue weighted by Crippen LogP contribution is -2.22. The fraction of sp³-hybridized carbons (Fsp3) is 0.265. The minimum Gasteiger partial charge on any atom is -0.481 e. The van der Waals surface area contributed by atoms with Gasteiger partial charge in [-0.2, -0.15) is 39.5 Å². The monoisotopic (exact) mass is 682 g/mol. The number of methoxy groups -OCH3 is 1. The van der Waals surface area contributed by atoms with Gasteiger partial charge in [-0.25, -0.2) is 4.98 Å². The topological polar surface area (TPSA) is 83.3 Å². The number of nitrogens with one attached hydrogen (secondary N) is 1. The van der Waals surface area contributed by atoms with Crippen LogP contribution < -0.4 is 4.74 Å². The Morgan fingerprint density at radius 3 is 1.94 bits per heavy atom. The molecule has 3 aromatic carbocycles. The van der Waals surface area contributed by atoms with Gasteiger partial charge in [0.15, 0.2) is 0 Å². The summed E-state index contributed by atoms with van der Waals surface area (Å²) in [6.45, 7) is 2.91. The Morgan fingerprint density at radius 1 is 0.833 bits per heavy atom. The molecule has 0 bridgehead atoms. The van der Waals surface area contributed by atoms with E-state index in [1.807, 2.05) is 0 Å². The van der Waals surface area contributed by atoms with E-state index < -0.39 is 64.9 Å². The summed E-state index contributed by atoms with van der Waals surface area (Å²) >= 11 is 0. The Balaban J connectivity index is 1.79. The smallest absolute Gasteiger partial charge is 0.416 e. The second kappa shape index (κ2) is 13.4. The minimum atomic E-state index is -5.18. The molecule has 0 amide bonds. The summed E-state index contributed by atoms with van der Waals surface area (Å²) in [5, 5.41) is 19.5. The van der Waals surface area contributed by atoms with Gasteiger partial charge in [0.1, 0.15) is 6.29 Å². The molecule has 2 N–H and O–H groups in total. The number of halogens is 9. The fourth-order valence-electron chi connectivity index (χ4n) is 5.21. The summed E-state index contributed by atoms with van der Waals surface area (Å²) in [7, 11) is 1.28. The van der Waals surface area contributed by atoms with Crippen LogP contribution in [0.5, 0.6) is 5.88 Å². The van der Waals surface area contributed by atoms with Crippen molar-refractivity contribution in [3.63, 3.8) is 0 Å². The summed E-state index contributed by atoms with van der Waals surface area (Å²) < 4.78 is 127. The third-order valence-corrected chi connectivity index (χ3v) is 7.82. The molecule has 0 fully saturated rings. The van der Waals surface area contributed by atoms with Gasteiger partial charge in [-0.1, -0.05) is 25.1 Å². The number of pyridine rings is 1. The lowest BCUT2D eigenvalue weighted by atomic mass is 9.86. The summed E-state index contributed by atoms with van der Waals surface area (Å²) in [6.07, 6.45) is -15.7. The van der Waals surface area contributed by atoms with Gasteiger partial charge in [-0.3, -0.25) is 4.79 Å². The lowest BCUT2D eigenvalue weighted by molar-refractivity contribution is -0.143. The van der Waals surface area contributed by atoms with Crippen LogP contribution in [0.25, 0.3) is 22.3 Å². The number of hydrogen-bond donors (Lipinski definition) is 2. The third kappa shape index (κ3) is 7.87. The van der Waals surface area contributed by atoms with E-state index in [2.05, 4.69) is 4.98 Å². The van der Waals surface area contributed by atoms with Crippen LogP contribution in [0.1, 0.15) is 56.8 Å². The number of aryl methyl sites for hydroxylation is 1. The zero-order valence-corrected chi connectivity index (χ0v) is 25.4. The fourth-order valence-corrected chi connectivity index (χ4v) is 5.21. The maximum absolute atomic E-state index is 13.8. The van der Waals surface area contributed by atoms with Crippen molar-refractivity contribution in [1.29, 1.82) is 5.41 Å². The maximum Gasteiger partial charge on any atom is 0.416 e. The number of hydrogen-bond acceptors (Lipinski definition) is 5. The van der Waals surface area contributed by atoms with Crippen molar-refractivity contribution in [3.05, 3.63) is 106 Å². The highest BCUT2D eigenvalue weighted by molar-refractivity contribution is 5.89.